The van der Waals surface area contributed by atoms with Gasteiger partial charge in [0, 0.05) is 0 Å². The molecule has 0 N–H and O–H groups in total. The van der Waals surface area contributed by atoms with Crippen molar-refractivity contribution < 1.29 is 14.3 Å². The molecule has 14 heavy (non-hydrogen) atoms. The Bertz CT molecular complexity index is 361. The van der Waals surface area contributed by atoms with E-state index in [0.717, 1.165) is 0 Å². The molecule has 0 saturated carbocycles. The van der Waals surface area contributed by atoms with Gasteiger partial charge in [-0.15, -0.1) is 0 Å². The van der Waals surface area contributed by atoms with E-state index in [0.29, 0.717) is 22.1 Å². The molecule has 1 aromatic carbocycles. The average Bonchev–Trinajstić information content (AvgIpc) is 2.17. The smallest absolute Gasteiger partial charge is 0.167 e. The van der Waals surface area contributed by atoms with E-state index < -0.39 is 0 Å². The normalized spacial score (nSPS) is 9.71. The molecule has 1 aromatic rings. The van der Waals surface area contributed by atoms with Crippen molar-refractivity contribution in [3.8, 4) is 11.5 Å². The van der Waals surface area contributed by atoms with Crippen LogP contribution in [-0.4, -0.2) is 20.0 Å². The van der Waals surface area contributed by atoms with E-state index in [9.17, 15) is 4.79 Å². The zero-order chi connectivity index (χ0) is 10.7. The predicted molar refractivity (Wildman–Crippen MR) is 54.6 cm³/mol. The number of carbonyl (C=O) groups excluding carboxylic acids is 1. The molecule has 0 atom stereocenters. The molecule has 0 radical (unpaired) electrons. The number of halogens is 1. The van der Waals surface area contributed by atoms with Crippen molar-refractivity contribution in [2.24, 2.45) is 0 Å². The lowest BCUT2D eigenvalue weighted by Crippen LogP contribution is -2.01. The second-order valence-electron chi connectivity index (χ2n) is 2.71. The summed E-state index contributed by atoms with van der Waals surface area (Å²) in [5.74, 6) is 0.693. The average molecular weight is 215 g/mol. The number of carbonyl (C=O) groups is 1. The van der Waals surface area contributed by atoms with Gasteiger partial charge in [0.25, 0.3) is 0 Å². The van der Waals surface area contributed by atoms with Crippen LogP contribution in [0.5, 0.6) is 11.5 Å². The molecule has 3 nitrogen and oxygen atoms in total. The van der Waals surface area contributed by atoms with Gasteiger partial charge in [-0.3, -0.25) is 4.79 Å². The minimum atomic E-state index is -0.138. The van der Waals surface area contributed by atoms with Crippen LogP contribution >= 0.6 is 11.6 Å². The molecule has 0 bridgehead atoms. The summed E-state index contributed by atoms with van der Waals surface area (Å²) < 4.78 is 10.1. The summed E-state index contributed by atoms with van der Waals surface area (Å²) in [5.41, 5.74) is 0.377. The summed E-state index contributed by atoms with van der Waals surface area (Å²) >= 11 is 5.87. The van der Waals surface area contributed by atoms with Gasteiger partial charge in [-0.2, -0.15) is 0 Å². The Morgan fingerprint density at radius 1 is 1.29 bits per heavy atom. The van der Waals surface area contributed by atoms with E-state index in [1.54, 1.807) is 12.1 Å². The number of hydrogen-bond donors (Lipinski definition) is 0. The number of Topliss-reactive ketones (excluding diaryl/α,β-unsaturated/α-hetero) is 1. The van der Waals surface area contributed by atoms with Crippen molar-refractivity contribution in [3.05, 3.63) is 22.7 Å². The third-order valence-corrected chi connectivity index (χ3v) is 2.15. The number of benzene rings is 1. The van der Waals surface area contributed by atoms with E-state index in [1.165, 1.54) is 21.1 Å². The molecule has 76 valence electrons. The van der Waals surface area contributed by atoms with Gasteiger partial charge >= 0.3 is 0 Å². The molecule has 0 fully saturated rings. The van der Waals surface area contributed by atoms with Crippen LogP contribution in [0.4, 0.5) is 0 Å². The SMILES string of the molecule is COc1ccc(Cl)c(OC)c1C(C)=O. The van der Waals surface area contributed by atoms with Crippen LogP contribution in [0.1, 0.15) is 17.3 Å². The fourth-order valence-corrected chi connectivity index (χ4v) is 1.48. The highest BCUT2D eigenvalue weighted by Crippen LogP contribution is 2.35. The van der Waals surface area contributed by atoms with Crippen LogP contribution in [0.25, 0.3) is 0 Å². The first-order chi connectivity index (χ1) is 6.61. The summed E-state index contributed by atoms with van der Waals surface area (Å²) in [6.07, 6.45) is 0. The Hall–Kier alpha value is -1.22. The van der Waals surface area contributed by atoms with Crippen LogP contribution in [0.15, 0.2) is 12.1 Å². The molecular weight excluding hydrogens is 204 g/mol. The maximum absolute atomic E-state index is 11.3. The molecule has 0 aliphatic heterocycles. The van der Waals surface area contributed by atoms with Crippen LogP contribution in [0, 0.1) is 0 Å². The Labute approximate surface area is 87.6 Å². The van der Waals surface area contributed by atoms with Crippen molar-refractivity contribution in [2.75, 3.05) is 14.2 Å². The summed E-state index contributed by atoms with van der Waals surface area (Å²) in [7, 11) is 2.96. The molecule has 0 aliphatic carbocycles. The van der Waals surface area contributed by atoms with Crippen LogP contribution in [0.2, 0.25) is 5.02 Å². The summed E-state index contributed by atoms with van der Waals surface area (Å²) in [6, 6.07) is 3.27. The maximum atomic E-state index is 11.3. The molecule has 0 saturated heterocycles. The fourth-order valence-electron chi connectivity index (χ4n) is 1.24. The zero-order valence-corrected chi connectivity index (χ0v) is 9.01. The topological polar surface area (TPSA) is 35.5 Å². The molecule has 1 rings (SSSR count). The maximum Gasteiger partial charge on any atom is 0.167 e. The van der Waals surface area contributed by atoms with Gasteiger partial charge in [0.05, 0.1) is 19.2 Å². The zero-order valence-electron chi connectivity index (χ0n) is 8.26. The van der Waals surface area contributed by atoms with Gasteiger partial charge in [0.1, 0.15) is 11.3 Å². The van der Waals surface area contributed by atoms with Gasteiger partial charge in [-0.25, -0.2) is 0 Å². The minimum Gasteiger partial charge on any atom is -0.496 e. The first-order valence-corrected chi connectivity index (χ1v) is 4.41. The van der Waals surface area contributed by atoms with Crippen molar-refractivity contribution in [2.45, 2.75) is 6.92 Å². The molecule has 0 unspecified atom stereocenters. The quantitative estimate of drug-likeness (QED) is 0.726. The largest absolute Gasteiger partial charge is 0.496 e. The first-order valence-electron chi connectivity index (χ1n) is 4.03. The first kappa shape index (κ1) is 10.9. The Balaban J connectivity index is 3.43. The Morgan fingerprint density at radius 2 is 1.93 bits per heavy atom. The second-order valence-corrected chi connectivity index (χ2v) is 3.12. The lowest BCUT2D eigenvalue weighted by molar-refractivity contribution is 0.101. The molecule has 4 heteroatoms. The predicted octanol–water partition coefficient (Wildman–Crippen LogP) is 2.56. The van der Waals surface area contributed by atoms with E-state index in [4.69, 9.17) is 21.1 Å². The third kappa shape index (κ3) is 1.82. The molecule has 0 aliphatic rings. The molecule has 0 heterocycles. The van der Waals surface area contributed by atoms with Gasteiger partial charge < -0.3 is 9.47 Å². The fraction of sp³-hybridized carbons (Fsp3) is 0.300. The van der Waals surface area contributed by atoms with E-state index >= 15 is 0 Å². The highest BCUT2D eigenvalue weighted by Gasteiger charge is 2.17. The van der Waals surface area contributed by atoms with Gasteiger partial charge in [0.15, 0.2) is 11.5 Å². The number of hydrogen-bond acceptors (Lipinski definition) is 3. The van der Waals surface area contributed by atoms with Crippen LogP contribution in [0.3, 0.4) is 0 Å². The molecular formula is C10H11ClO3. The standard InChI is InChI=1S/C10H11ClO3/c1-6(12)9-8(13-2)5-4-7(11)10(9)14-3/h4-5H,1-3H3. The number of ether oxygens (including phenoxy) is 2. The second kappa shape index (κ2) is 4.33. The van der Waals surface area contributed by atoms with E-state index in [-0.39, 0.29) is 5.78 Å². The monoisotopic (exact) mass is 214 g/mol. The van der Waals surface area contributed by atoms with Gasteiger partial charge in [-0.05, 0) is 19.1 Å². The van der Waals surface area contributed by atoms with E-state index in [2.05, 4.69) is 0 Å². The molecule has 0 spiro atoms. The van der Waals surface area contributed by atoms with Crippen molar-refractivity contribution in [1.29, 1.82) is 0 Å². The van der Waals surface area contributed by atoms with Crippen LogP contribution < -0.4 is 9.47 Å². The number of rotatable bonds is 3. The highest BCUT2D eigenvalue weighted by molar-refractivity contribution is 6.32. The van der Waals surface area contributed by atoms with Gasteiger partial charge in [0.2, 0.25) is 0 Å². The van der Waals surface area contributed by atoms with Gasteiger partial charge in [-0.1, -0.05) is 11.6 Å². The van der Waals surface area contributed by atoms with Crippen molar-refractivity contribution >= 4 is 17.4 Å². The molecule has 0 amide bonds. The Kier molecular flexibility index (Phi) is 3.36. The highest BCUT2D eigenvalue weighted by atomic mass is 35.5. The Morgan fingerprint density at radius 3 is 2.36 bits per heavy atom. The summed E-state index contributed by atoms with van der Waals surface area (Å²) in [5, 5.41) is 0.401. The lowest BCUT2D eigenvalue weighted by atomic mass is 10.1. The lowest BCUT2D eigenvalue weighted by Gasteiger charge is -2.11. The third-order valence-electron chi connectivity index (χ3n) is 1.85. The summed E-state index contributed by atoms with van der Waals surface area (Å²) in [4.78, 5) is 11.3. The number of ketones is 1. The van der Waals surface area contributed by atoms with Crippen molar-refractivity contribution in [1.82, 2.24) is 0 Å². The van der Waals surface area contributed by atoms with Crippen molar-refractivity contribution in [3.63, 3.8) is 0 Å². The van der Waals surface area contributed by atoms with E-state index in [1.807, 2.05) is 0 Å². The summed E-state index contributed by atoms with van der Waals surface area (Å²) in [6.45, 7) is 1.44. The minimum absolute atomic E-state index is 0.138. The van der Waals surface area contributed by atoms with Crippen LogP contribution in [-0.2, 0) is 0 Å². The number of methoxy groups -OCH3 is 2. The molecule has 0 aromatic heterocycles.